The summed E-state index contributed by atoms with van der Waals surface area (Å²) >= 11 is 0. The molecule has 1 fully saturated rings. The van der Waals surface area contributed by atoms with E-state index in [4.69, 9.17) is 4.74 Å². The lowest BCUT2D eigenvalue weighted by molar-refractivity contribution is -0.130. The van der Waals surface area contributed by atoms with Crippen molar-refractivity contribution in [1.82, 2.24) is 14.8 Å². The van der Waals surface area contributed by atoms with Crippen molar-refractivity contribution in [3.8, 4) is 11.4 Å². The lowest BCUT2D eigenvalue weighted by Gasteiger charge is -2.26. The number of hydrogen-bond donors (Lipinski definition) is 1. The number of nitrogens with zero attached hydrogens (tertiary/aromatic N) is 2. The van der Waals surface area contributed by atoms with Gasteiger partial charge in [-0.2, -0.15) is 0 Å². The van der Waals surface area contributed by atoms with E-state index in [1.165, 1.54) is 0 Å². The van der Waals surface area contributed by atoms with Crippen molar-refractivity contribution >= 4 is 23.9 Å². The number of ether oxygens (including phenoxy) is 1. The quantitative estimate of drug-likeness (QED) is 0.476. The number of nitrogens with one attached hydrogen (secondary N) is 1. The predicted molar refractivity (Wildman–Crippen MR) is 125 cm³/mol. The van der Waals surface area contributed by atoms with Crippen LogP contribution in [0.5, 0.6) is 5.75 Å². The predicted octanol–water partition coefficient (Wildman–Crippen LogP) is 4.07. The first kappa shape index (κ1) is 22.1. The number of aryl methyl sites for hydroxylation is 2. The molecule has 0 saturated carbocycles. The minimum absolute atomic E-state index is 0.0433. The highest BCUT2D eigenvalue weighted by Crippen LogP contribution is 2.25. The molecule has 2 aromatic carbocycles. The Labute approximate surface area is 192 Å². The van der Waals surface area contributed by atoms with Gasteiger partial charge in [-0.1, -0.05) is 29.8 Å². The zero-order valence-electron chi connectivity index (χ0n) is 19.0. The third kappa shape index (κ3) is 4.30. The van der Waals surface area contributed by atoms with Crippen LogP contribution >= 0.6 is 0 Å². The molecular formula is C26H25N3O4. The minimum Gasteiger partial charge on any atom is -0.497 e. The molecule has 2 heterocycles. The van der Waals surface area contributed by atoms with Crippen LogP contribution < -0.4 is 10.1 Å². The Kier molecular flexibility index (Phi) is 5.87. The van der Waals surface area contributed by atoms with E-state index in [0.717, 1.165) is 38.7 Å². The summed E-state index contributed by atoms with van der Waals surface area (Å²) in [5.41, 5.74) is 5.43. The van der Waals surface area contributed by atoms with Gasteiger partial charge < -0.3 is 9.30 Å². The monoisotopic (exact) mass is 443 g/mol. The van der Waals surface area contributed by atoms with Gasteiger partial charge in [0.25, 0.3) is 11.8 Å². The normalized spacial score (nSPS) is 15.2. The molecule has 0 bridgehead atoms. The zero-order valence-corrected chi connectivity index (χ0v) is 19.0. The number of aromatic nitrogens is 1. The van der Waals surface area contributed by atoms with Crippen molar-refractivity contribution in [3.05, 3.63) is 88.2 Å². The molecule has 0 atom stereocenters. The largest absolute Gasteiger partial charge is 0.497 e. The Balaban J connectivity index is 1.66. The molecule has 4 amide bonds. The van der Waals surface area contributed by atoms with E-state index in [1.54, 1.807) is 37.5 Å². The maximum atomic E-state index is 13.1. The van der Waals surface area contributed by atoms with Crippen LogP contribution in [0, 0.1) is 20.8 Å². The first-order valence-electron chi connectivity index (χ1n) is 10.6. The fraction of sp³-hybridized carbons (Fsp3) is 0.192. The molecule has 1 saturated heterocycles. The smallest absolute Gasteiger partial charge is 0.331 e. The van der Waals surface area contributed by atoms with Crippen molar-refractivity contribution in [2.45, 2.75) is 27.3 Å². The van der Waals surface area contributed by atoms with Crippen LogP contribution in [0.2, 0.25) is 0 Å². The average Bonchev–Trinajstić information content (AvgIpc) is 3.08. The summed E-state index contributed by atoms with van der Waals surface area (Å²) in [6.07, 6.45) is 1.55. The van der Waals surface area contributed by atoms with Crippen LogP contribution in [0.25, 0.3) is 11.8 Å². The Bertz CT molecular complexity index is 1270. The van der Waals surface area contributed by atoms with Gasteiger partial charge in [0.2, 0.25) is 0 Å². The molecule has 33 heavy (non-hydrogen) atoms. The summed E-state index contributed by atoms with van der Waals surface area (Å²) < 4.78 is 7.21. The van der Waals surface area contributed by atoms with Crippen molar-refractivity contribution in [1.29, 1.82) is 0 Å². The number of methoxy groups -OCH3 is 1. The first-order chi connectivity index (χ1) is 15.8. The molecule has 7 nitrogen and oxygen atoms in total. The van der Waals surface area contributed by atoms with Crippen molar-refractivity contribution in [2.24, 2.45) is 0 Å². The fourth-order valence-corrected chi connectivity index (χ4v) is 3.93. The number of barbiturate groups is 1. The van der Waals surface area contributed by atoms with Crippen LogP contribution in [0.4, 0.5) is 4.79 Å². The van der Waals surface area contributed by atoms with E-state index in [9.17, 15) is 14.4 Å². The molecule has 1 N–H and O–H groups in total. The number of carbonyl (C=O) groups is 3. The molecule has 4 rings (SSSR count). The Hall–Kier alpha value is -4.13. The Morgan fingerprint density at radius 1 is 0.939 bits per heavy atom. The average molecular weight is 444 g/mol. The summed E-state index contributed by atoms with van der Waals surface area (Å²) in [5.74, 6) is -0.649. The summed E-state index contributed by atoms with van der Waals surface area (Å²) in [6, 6.07) is 16.4. The maximum absolute atomic E-state index is 13.1. The summed E-state index contributed by atoms with van der Waals surface area (Å²) in [7, 11) is 1.56. The van der Waals surface area contributed by atoms with Gasteiger partial charge in [0.15, 0.2) is 0 Å². The number of amides is 4. The third-order valence-corrected chi connectivity index (χ3v) is 5.75. The lowest BCUT2D eigenvalue weighted by Crippen LogP contribution is -2.53. The standard InChI is InChI=1S/C26H25N3O4/c1-16-5-9-21(10-6-16)29-17(2)13-20(18(29)3)14-23-24(30)27-26(32)28(25(23)31)15-19-7-11-22(33-4)12-8-19/h5-14H,15H2,1-4H3,(H,27,30,32)/b23-14-. The molecule has 0 unspecified atom stereocenters. The maximum Gasteiger partial charge on any atom is 0.331 e. The second kappa shape index (κ2) is 8.78. The van der Waals surface area contributed by atoms with Gasteiger partial charge in [-0.25, -0.2) is 4.79 Å². The van der Waals surface area contributed by atoms with Gasteiger partial charge in [-0.3, -0.25) is 19.8 Å². The van der Waals surface area contributed by atoms with Gasteiger partial charge in [-0.15, -0.1) is 0 Å². The van der Waals surface area contributed by atoms with Crippen molar-refractivity contribution in [2.75, 3.05) is 7.11 Å². The SMILES string of the molecule is COc1ccc(CN2C(=O)NC(=O)/C(=C/c3cc(C)n(-c4ccc(C)cc4)c3C)C2=O)cc1. The highest BCUT2D eigenvalue weighted by molar-refractivity contribution is 6.31. The molecule has 168 valence electrons. The summed E-state index contributed by atoms with van der Waals surface area (Å²) in [4.78, 5) is 39.1. The number of benzene rings is 2. The van der Waals surface area contributed by atoms with E-state index in [-0.39, 0.29) is 12.1 Å². The number of hydrogen-bond acceptors (Lipinski definition) is 4. The molecule has 0 radical (unpaired) electrons. The van der Waals surface area contributed by atoms with Crippen LogP contribution in [-0.2, 0) is 16.1 Å². The van der Waals surface area contributed by atoms with Gasteiger partial charge in [0.05, 0.1) is 13.7 Å². The van der Waals surface area contributed by atoms with Crippen LogP contribution in [0.15, 0.2) is 60.2 Å². The Morgan fingerprint density at radius 2 is 1.61 bits per heavy atom. The minimum atomic E-state index is -0.733. The van der Waals surface area contributed by atoms with Crippen molar-refractivity contribution < 1.29 is 19.1 Å². The van der Waals surface area contributed by atoms with Crippen LogP contribution in [0.3, 0.4) is 0 Å². The van der Waals surface area contributed by atoms with Crippen molar-refractivity contribution in [3.63, 3.8) is 0 Å². The lowest BCUT2D eigenvalue weighted by atomic mass is 10.1. The molecule has 1 aromatic heterocycles. The Morgan fingerprint density at radius 3 is 2.24 bits per heavy atom. The number of imide groups is 2. The second-order valence-corrected chi connectivity index (χ2v) is 8.05. The molecule has 1 aliphatic heterocycles. The van der Waals surface area contributed by atoms with Gasteiger partial charge in [-0.05, 0) is 68.3 Å². The summed E-state index contributed by atoms with van der Waals surface area (Å²) in [6.45, 7) is 5.98. The van der Waals surface area contributed by atoms with Gasteiger partial charge in [0.1, 0.15) is 11.3 Å². The molecular weight excluding hydrogens is 418 g/mol. The van der Waals surface area contributed by atoms with E-state index in [0.29, 0.717) is 5.75 Å². The molecule has 0 aliphatic carbocycles. The van der Waals surface area contributed by atoms with Gasteiger partial charge in [0, 0.05) is 17.1 Å². The zero-order chi connectivity index (χ0) is 23.7. The summed E-state index contributed by atoms with van der Waals surface area (Å²) in [5, 5.41) is 2.28. The van der Waals surface area contributed by atoms with E-state index >= 15 is 0 Å². The molecule has 3 aromatic rings. The van der Waals surface area contributed by atoms with Gasteiger partial charge >= 0.3 is 6.03 Å². The molecule has 0 spiro atoms. The highest BCUT2D eigenvalue weighted by atomic mass is 16.5. The van der Waals surface area contributed by atoms with E-state index in [1.807, 2.05) is 51.1 Å². The third-order valence-electron chi connectivity index (χ3n) is 5.75. The number of urea groups is 1. The fourth-order valence-electron chi connectivity index (χ4n) is 3.93. The molecule has 1 aliphatic rings. The molecule has 7 heteroatoms. The van der Waals surface area contributed by atoms with E-state index in [2.05, 4.69) is 9.88 Å². The van der Waals surface area contributed by atoms with E-state index < -0.39 is 17.8 Å². The first-order valence-corrected chi connectivity index (χ1v) is 10.6. The highest BCUT2D eigenvalue weighted by Gasteiger charge is 2.36. The second-order valence-electron chi connectivity index (χ2n) is 8.05. The van der Waals surface area contributed by atoms with Crippen LogP contribution in [0.1, 0.15) is 28.1 Å². The van der Waals surface area contributed by atoms with Crippen LogP contribution in [-0.4, -0.2) is 34.4 Å². The number of rotatable bonds is 5. The number of carbonyl (C=O) groups excluding carboxylic acids is 3. The topological polar surface area (TPSA) is 80.6 Å².